The van der Waals surface area contributed by atoms with Gasteiger partial charge < -0.3 is 14.5 Å². The van der Waals surface area contributed by atoms with Crippen LogP contribution in [0.4, 0.5) is 0 Å². The largest absolute Gasteiger partial charge is 0.344 e. The summed E-state index contributed by atoms with van der Waals surface area (Å²) in [5.74, 6) is 0.105. The minimum Gasteiger partial charge on any atom is -0.344 e. The van der Waals surface area contributed by atoms with Gasteiger partial charge in [0, 0.05) is 32.3 Å². The van der Waals surface area contributed by atoms with Gasteiger partial charge in [-0.05, 0) is 18.9 Å². The van der Waals surface area contributed by atoms with Crippen molar-refractivity contribution in [1.82, 2.24) is 19.4 Å². The minimum absolute atomic E-state index is 0.0555. The van der Waals surface area contributed by atoms with Crippen molar-refractivity contribution in [2.24, 2.45) is 0 Å². The van der Waals surface area contributed by atoms with Gasteiger partial charge in [0.1, 0.15) is 0 Å². The topological polar surface area (TPSA) is 71.0 Å². The molecule has 0 spiro atoms. The molecular weight excluding hydrogens is 244 g/mol. The molecular formula is C13H16N4O2. The van der Waals surface area contributed by atoms with Crippen molar-refractivity contribution in [2.75, 3.05) is 13.1 Å². The Hall–Kier alpha value is -2.11. The van der Waals surface area contributed by atoms with Crippen molar-refractivity contribution in [3.05, 3.63) is 28.9 Å². The molecule has 1 aliphatic heterocycles. The molecule has 0 radical (unpaired) electrons. The molecule has 100 valence electrons. The summed E-state index contributed by atoms with van der Waals surface area (Å²) in [5, 5.41) is 0. The highest BCUT2D eigenvalue weighted by Crippen LogP contribution is 2.21. The summed E-state index contributed by atoms with van der Waals surface area (Å²) >= 11 is 0. The second kappa shape index (κ2) is 4.53. The van der Waals surface area contributed by atoms with Crippen molar-refractivity contribution in [1.29, 1.82) is 0 Å². The van der Waals surface area contributed by atoms with Gasteiger partial charge in [-0.25, -0.2) is 4.98 Å². The number of carbonyl (C=O) groups excluding carboxylic acids is 1. The smallest absolute Gasteiger partial charge is 0.278 e. The number of rotatable bonds is 1. The van der Waals surface area contributed by atoms with E-state index in [9.17, 15) is 9.59 Å². The number of nitrogens with one attached hydrogen (secondary N) is 1. The van der Waals surface area contributed by atoms with Gasteiger partial charge >= 0.3 is 0 Å². The maximum absolute atomic E-state index is 12.3. The maximum atomic E-state index is 12.3. The summed E-state index contributed by atoms with van der Waals surface area (Å²) in [6.07, 6.45) is 4.98. The molecule has 19 heavy (non-hydrogen) atoms. The number of pyridine rings is 1. The van der Waals surface area contributed by atoms with Crippen LogP contribution in [0.15, 0.2) is 23.4 Å². The Bertz CT molecular complexity index is 665. The predicted octanol–water partition coefficient (Wildman–Crippen LogP) is 0.908. The summed E-state index contributed by atoms with van der Waals surface area (Å²) in [7, 11) is 0. The van der Waals surface area contributed by atoms with Gasteiger partial charge in [-0.3, -0.25) is 9.59 Å². The zero-order valence-electron chi connectivity index (χ0n) is 10.8. The van der Waals surface area contributed by atoms with Crippen molar-refractivity contribution in [2.45, 2.75) is 25.8 Å². The first kappa shape index (κ1) is 12.0. The van der Waals surface area contributed by atoms with Crippen molar-refractivity contribution in [3.8, 4) is 0 Å². The van der Waals surface area contributed by atoms with Crippen molar-refractivity contribution < 1.29 is 4.79 Å². The minimum atomic E-state index is -0.0555. The third-order valence-corrected chi connectivity index (χ3v) is 3.81. The summed E-state index contributed by atoms with van der Waals surface area (Å²) in [6.45, 7) is 3.01. The molecule has 6 heteroatoms. The lowest BCUT2D eigenvalue weighted by Gasteiger charge is -2.32. The summed E-state index contributed by atoms with van der Waals surface area (Å²) in [6, 6.07) is 2.03. The molecule has 0 aromatic carbocycles. The van der Waals surface area contributed by atoms with Gasteiger partial charge in [0.15, 0.2) is 5.52 Å². The highest BCUT2D eigenvalue weighted by molar-refractivity contribution is 5.73. The SMILES string of the molecule is CC(=O)N1CCC(n2ccc3[nH]cnc3c2=O)CC1. The first-order chi connectivity index (χ1) is 9.16. The Balaban J connectivity index is 1.87. The number of imidazole rings is 1. The molecule has 1 fully saturated rings. The maximum Gasteiger partial charge on any atom is 0.278 e. The highest BCUT2D eigenvalue weighted by atomic mass is 16.2. The Kier molecular flexibility index (Phi) is 2.85. The van der Waals surface area contributed by atoms with E-state index in [2.05, 4.69) is 9.97 Å². The molecule has 0 aliphatic carbocycles. The van der Waals surface area contributed by atoms with E-state index in [-0.39, 0.29) is 17.5 Å². The zero-order valence-corrected chi connectivity index (χ0v) is 10.8. The average Bonchev–Trinajstić information content (AvgIpc) is 2.88. The van der Waals surface area contributed by atoms with Gasteiger partial charge in [-0.2, -0.15) is 0 Å². The quantitative estimate of drug-likeness (QED) is 0.828. The summed E-state index contributed by atoms with van der Waals surface area (Å²) < 4.78 is 1.75. The van der Waals surface area contributed by atoms with E-state index in [0.29, 0.717) is 18.6 Å². The van der Waals surface area contributed by atoms with Gasteiger partial charge in [-0.1, -0.05) is 0 Å². The number of aromatic amines is 1. The van der Waals surface area contributed by atoms with E-state index >= 15 is 0 Å². The first-order valence-electron chi connectivity index (χ1n) is 6.46. The monoisotopic (exact) mass is 260 g/mol. The van der Waals surface area contributed by atoms with Crippen LogP contribution in [-0.2, 0) is 4.79 Å². The number of aromatic nitrogens is 3. The molecule has 0 saturated carbocycles. The third kappa shape index (κ3) is 2.03. The summed E-state index contributed by atoms with van der Waals surface area (Å²) in [4.78, 5) is 32.4. The highest BCUT2D eigenvalue weighted by Gasteiger charge is 2.23. The molecule has 2 aromatic heterocycles. The molecule has 3 rings (SSSR count). The first-order valence-corrected chi connectivity index (χ1v) is 6.46. The van der Waals surface area contributed by atoms with E-state index in [1.807, 2.05) is 17.2 Å². The van der Waals surface area contributed by atoms with Crippen LogP contribution in [0.3, 0.4) is 0 Å². The zero-order chi connectivity index (χ0) is 13.4. The van der Waals surface area contributed by atoms with E-state index in [0.717, 1.165) is 18.4 Å². The lowest BCUT2D eigenvalue weighted by molar-refractivity contribution is -0.130. The number of amides is 1. The predicted molar refractivity (Wildman–Crippen MR) is 70.9 cm³/mol. The number of hydrogen-bond donors (Lipinski definition) is 1. The molecule has 2 aromatic rings. The van der Waals surface area contributed by atoms with E-state index in [1.54, 1.807) is 11.5 Å². The fraction of sp³-hybridized carbons (Fsp3) is 0.462. The lowest BCUT2D eigenvalue weighted by atomic mass is 10.0. The summed E-state index contributed by atoms with van der Waals surface area (Å²) in [5.41, 5.74) is 1.19. The van der Waals surface area contributed by atoms with Crippen LogP contribution in [0.25, 0.3) is 11.0 Å². The number of fused-ring (bicyclic) bond motifs is 1. The average molecular weight is 260 g/mol. The number of piperidine rings is 1. The number of H-pyrrole nitrogens is 1. The molecule has 0 unspecified atom stereocenters. The molecule has 0 atom stereocenters. The number of likely N-dealkylation sites (tertiary alicyclic amines) is 1. The van der Waals surface area contributed by atoms with Crippen LogP contribution in [0.1, 0.15) is 25.8 Å². The molecule has 1 saturated heterocycles. The van der Waals surface area contributed by atoms with Gasteiger partial charge in [0.2, 0.25) is 5.91 Å². The van der Waals surface area contributed by atoms with Crippen LogP contribution >= 0.6 is 0 Å². The Morgan fingerprint density at radius 1 is 1.42 bits per heavy atom. The fourth-order valence-electron chi connectivity index (χ4n) is 2.69. The van der Waals surface area contributed by atoms with E-state index in [4.69, 9.17) is 0 Å². The van der Waals surface area contributed by atoms with Gasteiger partial charge in [0.25, 0.3) is 5.56 Å². The number of hydrogen-bond acceptors (Lipinski definition) is 3. The van der Waals surface area contributed by atoms with Crippen LogP contribution in [0.5, 0.6) is 0 Å². The number of carbonyl (C=O) groups is 1. The molecule has 0 bridgehead atoms. The van der Waals surface area contributed by atoms with Crippen molar-refractivity contribution in [3.63, 3.8) is 0 Å². The molecule has 1 N–H and O–H groups in total. The second-order valence-corrected chi connectivity index (χ2v) is 4.93. The van der Waals surface area contributed by atoms with E-state index < -0.39 is 0 Å². The lowest BCUT2D eigenvalue weighted by Crippen LogP contribution is -2.39. The third-order valence-electron chi connectivity index (χ3n) is 3.81. The molecule has 3 heterocycles. The standard InChI is InChI=1S/C13H16N4O2/c1-9(18)16-5-2-10(3-6-16)17-7-4-11-12(13(17)19)15-8-14-11/h4,7-8,10H,2-3,5-6H2,1H3,(H,14,15). The normalized spacial score (nSPS) is 17.0. The van der Waals surface area contributed by atoms with Crippen LogP contribution < -0.4 is 5.56 Å². The second-order valence-electron chi connectivity index (χ2n) is 4.93. The Morgan fingerprint density at radius 3 is 2.84 bits per heavy atom. The fourth-order valence-corrected chi connectivity index (χ4v) is 2.69. The molecule has 1 aliphatic rings. The Labute approximate surface area is 110 Å². The van der Waals surface area contributed by atoms with Crippen LogP contribution in [0.2, 0.25) is 0 Å². The van der Waals surface area contributed by atoms with E-state index in [1.165, 1.54) is 6.33 Å². The van der Waals surface area contributed by atoms with Crippen LogP contribution in [-0.4, -0.2) is 38.4 Å². The Morgan fingerprint density at radius 2 is 2.16 bits per heavy atom. The molecule has 1 amide bonds. The van der Waals surface area contributed by atoms with Crippen molar-refractivity contribution >= 4 is 16.9 Å². The van der Waals surface area contributed by atoms with Crippen LogP contribution in [0, 0.1) is 0 Å². The van der Waals surface area contributed by atoms with Gasteiger partial charge in [0.05, 0.1) is 11.8 Å². The molecule has 6 nitrogen and oxygen atoms in total. The number of nitrogens with zero attached hydrogens (tertiary/aromatic N) is 3. The van der Waals surface area contributed by atoms with Gasteiger partial charge in [-0.15, -0.1) is 0 Å².